The van der Waals surface area contributed by atoms with Gasteiger partial charge in [0.05, 0.1) is 24.3 Å². The summed E-state index contributed by atoms with van der Waals surface area (Å²) in [5, 5.41) is 0. The molecule has 0 saturated heterocycles. The lowest BCUT2D eigenvalue weighted by atomic mass is 10.2. The molecule has 0 atom stereocenters. The summed E-state index contributed by atoms with van der Waals surface area (Å²) < 4.78 is 16.2. The average Bonchev–Trinajstić information content (AvgIpc) is 2.79. The molecule has 0 spiro atoms. The highest BCUT2D eigenvalue weighted by Crippen LogP contribution is 2.18. The molecule has 3 rings (SSSR count). The number of rotatable bonds is 9. The molecule has 0 aliphatic rings. The molecule has 3 aromatic carbocycles. The van der Waals surface area contributed by atoms with Crippen LogP contribution >= 0.6 is 0 Å². The van der Waals surface area contributed by atoms with Crippen LogP contribution in [0.25, 0.3) is 0 Å². The fourth-order valence-corrected chi connectivity index (χ4v) is 2.75. The number of hydrogen-bond acceptors (Lipinski definition) is 5. The largest absolute Gasteiger partial charge is 0.494 e. The van der Waals surface area contributed by atoms with E-state index in [4.69, 9.17) is 14.2 Å². The number of benzene rings is 3. The minimum atomic E-state index is -0.508. The van der Waals surface area contributed by atoms with Crippen LogP contribution in [0, 0.1) is 0 Å². The van der Waals surface area contributed by atoms with Gasteiger partial charge in [0.2, 0.25) is 0 Å². The predicted molar refractivity (Wildman–Crippen MR) is 114 cm³/mol. The Hall–Kier alpha value is -3.60. The number of esters is 2. The van der Waals surface area contributed by atoms with Crippen molar-refractivity contribution >= 4 is 11.9 Å². The van der Waals surface area contributed by atoms with Crippen molar-refractivity contribution in [3.63, 3.8) is 0 Å². The predicted octanol–water partition coefficient (Wildman–Crippen LogP) is 5.09. The van der Waals surface area contributed by atoms with Crippen LogP contribution in [-0.2, 0) is 11.2 Å². The van der Waals surface area contributed by atoms with Gasteiger partial charge >= 0.3 is 11.9 Å². The third-order valence-electron chi connectivity index (χ3n) is 4.31. The second-order valence-corrected chi connectivity index (χ2v) is 6.66. The Morgan fingerprint density at radius 3 is 2.23 bits per heavy atom. The van der Waals surface area contributed by atoms with Crippen LogP contribution in [0.1, 0.15) is 39.6 Å². The van der Waals surface area contributed by atoms with Crippen molar-refractivity contribution in [1.82, 2.24) is 0 Å². The van der Waals surface area contributed by atoms with Gasteiger partial charge in [-0.05, 0) is 54.4 Å². The van der Waals surface area contributed by atoms with Crippen molar-refractivity contribution < 1.29 is 23.8 Å². The van der Waals surface area contributed by atoms with Gasteiger partial charge in [-0.15, -0.1) is 0 Å². The SMILES string of the molecule is CCCOc1ccc(C(=O)Oc2cccc(C(=O)OCCc3ccccc3)c2)cc1. The molecule has 30 heavy (non-hydrogen) atoms. The maximum atomic E-state index is 12.4. The van der Waals surface area contributed by atoms with E-state index < -0.39 is 11.9 Å². The van der Waals surface area contributed by atoms with Crippen LogP contribution < -0.4 is 9.47 Å². The Morgan fingerprint density at radius 1 is 0.733 bits per heavy atom. The minimum absolute atomic E-state index is 0.277. The minimum Gasteiger partial charge on any atom is -0.494 e. The highest BCUT2D eigenvalue weighted by molar-refractivity contribution is 5.92. The first-order valence-electron chi connectivity index (χ1n) is 9.92. The molecule has 0 fully saturated rings. The van der Waals surface area contributed by atoms with Gasteiger partial charge in [0, 0.05) is 6.42 Å². The van der Waals surface area contributed by atoms with Crippen molar-refractivity contribution in [3.05, 3.63) is 95.6 Å². The zero-order valence-corrected chi connectivity index (χ0v) is 16.9. The second kappa shape index (κ2) is 10.8. The lowest BCUT2D eigenvalue weighted by Crippen LogP contribution is -2.11. The summed E-state index contributed by atoms with van der Waals surface area (Å²) in [5.74, 6) is 0.0188. The first-order valence-corrected chi connectivity index (χ1v) is 9.92. The van der Waals surface area contributed by atoms with Crippen molar-refractivity contribution in [3.8, 4) is 11.5 Å². The van der Waals surface area contributed by atoms with E-state index >= 15 is 0 Å². The van der Waals surface area contributed by atoms with Gasteiger partial charge in [-0.1, -0.05) is 43.3 Å². The van der Waals surface area contributed by atoms with Crippen LogP contribution in [0.4, 0.5) is 0 Å². The van der Waals surface area contributed by atoms with E-state index in [1.165, 1.54) is 6.07 Å². The van der Waals surface area contributed by atoms with Gasteiger partial charge in [-0.25, -0.2) is 9.59 Å². The van der Waals surface area contributed by atoms with Crippen molar-refractivity contribution in [2.45, 2.75) is 19.8 Å². The monoisotopic (exact) mass is 404 g/mol. The summed E-state index contributed by atoms with van der Waals surface area (Å²) in [6.07, 6.45) is 1.55. The molecule has 0 amide bonds. The molecule has 0 unspecified atom stereocenters. The first kappa shape index (κ1) is 21.1. The summed E-state index contributed by atoms with van der Waals surface area (Å²) >= 11 is 0. The molecule has 5 heteroatoms. The van der Waals surface area contributed by atoms with E-state index in [9.17, 15) is 9.59 Å². The third-order valence-corrected chi connectivity index (χ3v) is 4.31. The normalized spacial score (nSPS) is 10.3. The Balaban J connectivity index is 1.55. The quantitative estimate of drug-likeness (QED) is 0.367. The highest BCUT2D eigenvalue weighted by atomic mass is 16.5. The van der Waals surface area contributed by atoms with Crippen molar-refractivity contribution in [1.29, 1.82) is 0 Å². The van der Waals surface area contributed by atoms with Crippen LogP contribution in [0.3, 0.4) is 0 Å². The van der Waals surface area contributed by atoms with Crippen LogP contribution in [0.2, 0.25) is 0 Å². The van der Waals surface area contributed by atoms with Crippen molar-refractivity contribution in [2.75, 3.05) is 13.2 Å². The molecule has 0 aliphatic carbocycles. The zero-order chi connectivity index (χ0) is 21.2. The lowest BCUT2D eigenvalue weighted by molar-refractivity contribution is 0.0507. The number of ether oxygens (including phenoxy) is 3. The average molecular weight is 404 g/mol. The Labute approximate surface area is 176 Å². The molecule has 0 heterocycles. The van der Waals surface area contributed by atoms with Crippen LogP contribution in [0.15, 0.2) is 78.9 Å². The summed E-state index contributed by atoms with van der Waals surface area (Å²) in [6, 6.07) is 23.0. The van der Waals surface area contributed by atoms with Gasteiger partial charge in [-0.3, -0.25) is 0 Å². The van der Waals surface area contributed by atoms with Gasteiger partial charge in [0.15, 0.2) is 0 Å². The fraction of sp³-hybridized carbons (Fsp3) is 0.200. The third kappa shape index (κ3) is 6.21. The molecule has 0 radical (unpaired) electrons. The van der Waals surface area contributed by atoms with Crippen LogP contribution in [0.5, 0.6) is 11.5 Å². The Bertz CT molecular complexity index is 964. The Morgan fingerprint density at radius 2 is 1.50 bits per heavy atom. The molecule has 0 saturated carbocycles. The molecule has 0 aromatic heterocycles. The van der Waals surface area contributed by atoms with Crippen molar-refractivity contribution in [2.24, 2.45) is 0 Å². The van der Waals surface area contributed by atoms with Gasteiger partial charge in [0.1, 0.15) is 11.5 Å². The van der Waals surface area contributed by atoms with Gasteiger partial charge in [0.25, 0.3) is 0 Å². The van der Waals surface area contributed by atoms with E-state index in [-0.39, 0.29) is 12.4 Å². The number of carbonyl (C=O) groups is 2. The molecular weight excluding hydrogens is 380 g/mol. The molecule has 0 N–H and O–H groups in total. The smallest absolute Gasteiger partial charge is 0.343 e. The topological polar surface area (TPSA) is 61.8 Å². The second-order valence-electron chi connectivity index (χ2n) is 6.66. The van der Waals surface area contributed by atoms with E-state index in [0.717, 1.165) is 12.0 Å². The maximum Gasteiger partial charge on any atom is 0.343 e. The molecule has 0 bridgehead atoms. The highest BCUT2D eigenvalue weighted by Gasteiger charge is 2.12. The van der Waals surface area contributed by atoms with E-state index in [1.54, 1.807) is 42.5 Å². The Kier molecular flexibility index (Phi) is 7.61. The molecule has 3 aromatic rings. The number of carbonyl (C=O) groups excluding carboxylic acids is 2. The maximum absolute atomic E-state index is 12.4. The zero-order valence-electron chi connectivity index (χ0n) is 16.9. The molecule has 5 nitrogen and oxygen atoms in total. The van der Waals surface area contributed by atoms with E-state index in [1.807, 2.05) is 37.3 Å². The van der Waals surface area contributed by atoms with Gasteiger partial charge in [-0.2, -0.15) is 0 Å². The summed E-state index contributed by atoms with van der Waals surface area (Å²) in [6.45, 7) is 2.93. The standard InChI is InChI=1S/C25H24O5/c1-2-16-28-22-13-11-20(12-14-22)25(27)30-23-10-6-9-21(18-23)24(26)29-17-15-19-7-4-3-5-8-19/h3-14,18H,2,15-17H2,1H3. The van der Waals surface area contributed by atoms with E-state index in [0.29, 0.717) is 29.9 Å². The first-order chi connectivity index (χ1) is 14.7. The summed E-state index contributed by atoms with van der Waals surface area (Å²) in [5.41, 5.74) is 1.82. The van der Waals surface area contributed by atoms with Gasteiger partial charge < -0.3 is 14.2 Å². The fourth-order valence-electron chi connectivity index (χ4n) is 2.75. The molecule has 0 aliphatic heterocycles. The van der Waals surface area contributed by atoms with Crippen LogP contribution in [-0.4, -0.2) is 25.2 Å². The molecular formula is C25H24O5. The molecule has 154 valence electrons. The summed E-state index contributed by atoms with van der Waals surface area (Å²) in [4.78, 5) is 24.7. The lowest BCUT2D eigenvalue weighted by Gasteiger charge is -2.08. The summed E-state index contributed by atoms with van der Waals surface area (Å²) in [7, 11) is 0. The number of hydrogen-bond donors (Lipinski definition) is 0. The van der Waals surface area contributed by atoms with E-state index in [2.05, 4.69) is 0 Å².